The Morgan fingerprint density at radius 3 is 2.93 bits per heavy atom. The SMILES string of the molecule is CC#CCn1cccc(C(=O)O)c1=O. The van der Waals surface area contributed by atoms with Gasteiger partial charge in [0.15, 0.2) is 0 Å². The molecule has 0 aliphatic rings. The van der Waals surface area contributed by atoms with E-state index < -0.39 is 11.5 Å². The van der Waals surface area contributed by atoms with Crippen molar-refractivity contribution in [1.29, 1.82) is 0 Å². The molecule has 4 heteroatoms. The predicted octanol–water partition coefficient (Wildman–Crippen LogP) is 0.570. The zero-order valence-corrected chi connectivity index (χ0v) is 7.65. The van der Waals surface area contributed by atoms with Crippen molar-refractivity contribution < 1.29 is 9.90 Å². The van der Waals surface area contributed by atoms with Crippen LogP contribution in [0.4, 0.5) is 0 Å². The second-order valence-corrected chi connectivity index (χ2v) is 2.59. The molecule has 1 rings (SSSR count). The Balaban J connectivity index is 3.19. The second kappa shape index (κ2) is 4.28. The van der Waals surface area contributed by atoms with Crippen molar-refractivity contribution in [2.75, 3.05) is 0 Å². The first-order valence-electron chi connectivity index (χ1n) is 3.99. The van der Waals surface area contributed by atoms with Gasteiger partial charge in [-0.05, 0) is 19.1 Å². The van der Waals surface area contributed by atoms with Crippen molar-refractivity contribution in [1.82, 2.24) is 4.57 Å². The van der Waals surface area contributed by atoms with Crippen LogP contribution in [-0.4, -0.2) is 15.6 Å². The highest BCUT2D eigenvalue weighted by Crippen LogP contribution is 1.91. The van der Waals surface area contributed by atoms with E-state index in [1.807, 2.05) is 0 Å². The Hall–Kier alpha value is -2.02. The number of aromatic carboxylic acids is 1. The summed E-state index contributed by atoms with van der Waals surface area (Å²) in [5.74, 6) is 4.11. The van der Waals surface area contributed by atoms with Crippen LogP contribution >= 0.6 is 0 Å². The Morgan fingerprint density at radius 1 is 1.64 bits per heavy atom. The van der Waals surface area contributed by atoms with Gasteiger partial charge in [0.1, 0.15) is 5.56 Å². The fourth-order valence-electron chi connectivity index (χ4n) is 0.988. The number of rotatable bonds is 2. The van der Waals surface area contributed by atoms with Crippen LogP contribution < -0.4 is 5.56 Å². The molecule has 1 heterocycles. The summed E-state index contributed by atoms with van der Waals surface area (Å²) in [7, 11) is 0. The molecule has 0 atom stereocenters. The summed E-state index contributed by atoms with van der Waals surface area (Å²) >= 11 is 0. The van der Waals surface area contributed by atoms with Crippen LogP contribution in [0.3, 0.4) is 0 Å². The van der Waals surface area contributed by atoms with Gasteiger partial charge in [0.25, 0.3) is 5.56 Å². The normalized spacial score (nSPS) is 8.93. The third kappa shape index (κ3) is 2.02. The summed E-state index contributed by atoms with van der Waals surface area (Å²) < 4.78 is 1.26. The molecule has 0 aliphatic carbocycles. The standard InChI is InChI=1S/C10H9NO3/c1-2-3-6-11-7-4-5-8(9(11)12)10(13)14/h4-5,7H,6H2,1H3,(H,13,14). The van der Waals surface area contributed by atoms with Gasteiger partial charge in [-0.2, -0.15) is 0 Å². The van der Waals surface area contributed by atoms with Crippen LogP contribution in [0.1, 0.15) is 17.3 Å². The van der Waals surface area contributed by atoms with E-state index in [-0.39, 0.29) is 12.1 Å². The van der Waals surface area contributed by atoms with Gasteiger partial charge in [0.05, 0.1) is 6.54 Å². The van der Waals surface area contributed by atoms with E-state index in [4.69, 9.17) is 5.11 Å². The van der Waals surface area contributed by atoms with E-state index in [1.54, 1.807) is 6.92 Å². The summed E-state index contributed by atoms with van der Waals surface area (Å²) in [6.07, 6.45) is 1.51. The summed E-state index contributed by atoms with van der Waals surface area (Å²) in [6.45, 7) is 1.88. The van der Waals surface area contributed by atoms with Crippen molar-refractivity contribution in [3.05, 3.63) is 34.2 Å². The summed E-state index contributed by atoms with van der Waals surface area (Å²) in [5.41, 5.74) is -0.756. The first kappa shape index (κ1) is 10.1. The number of carboxylic acid groups (broad SMARTS) is 1. The highest BCUT2D eigenvalue weighted by atomic mass is 16.4. The minimum atomic E-state index is -1.21. The van der Waals surface area contributed by atoms with Gasteiger partial charge >= 0.3 is 5.97 Å². The molecule has 0 radical (unpaired) electrons. The van der Waals surface area contributed by atoms with Gasteiger partial charge in [-0.15, -0.1) is 5.92 Å². The molecule has 0 fully saturated rings. The lowest BCUT2D eigenvalue weighted by Crippen LogP contribution is -2.25. The molecule has 0 bridgehead atoms. The summed E-state index contributed by atoms with van der Waals surface area (Å²) in [5, 5.41) is 8.67. The number of hydrogen-bond donors (Lipinski definition) is 1. The van der Waals surface area contributed by atoms with Gasteiger partial charge < -0.3 is 9.67 Å². The quantitative estimate of drug-likeness (QED) is 0.695. The fourth-order valence-corrected chi connectivity index (χ4v) is 0.988. The van der Waals surface area contributed by atoms with Crippen LogP contribution in [0.25, 0.3) is 0 Å². The van der Waals surface area contributed by atoms with Crippen molar-refractivity contribution in [2.45, 2.75) is 13.5 Å². The lowest BCUT2D eigenvalue weighted by molar-refractivity contribution is 0.0694. The molecule has 14 heavy (non-hydrogen) atoms. The van der Waals surface area contributed by atoms with E-state index in [0.29, 0.717) is 0 Å². The first-order chi connectivity index (χ1) is 6.66. The lowest BCUT2D eigenvalue weighted by Gasteiger charge is -2.00. The molecule has 0 amide bonds. The number of hydrogen-bond acceptors (Lipinski definition) is 2. The molecule has 4 nitrogen and oxygen atoms in total. The Morgan fingerprint density at radius 2 is 2.36 bits per heavy atom. The number of aromatic nitrogens is 1. The average molecular weight is 191 g/mol. The zero-order chi connectivity index (χ0) is 10.6. The maximum Gasteiger partial charge on any atom is 0.341 e. The smallest absolute Gasteiger partial charge is 0.341 e. The largest absolute Gasteiger partial charge is 0.477 e. The first-order valence-corrected chi connectivity index (χ1v) is 3.99. The molecule has 0 saturated heterocycles. The molecule has 0 spiro atoms. The van der Waals surface area contributed by atoms with Gasteiger partial charge in [-0.25, -0.2) is 4.79 Å². The third-order valence-corrected chi connectivity index (χ3v) is 1.68. The molecule has 0 unspecified atom stereocenters. The number of pyridine rings is 1. The molecule has 0 aliphatic heterocycles. The van der Waals surface area contributed by atoms with Crippen LogP contribution in [0.15, 0.2) is 23.1 Å². The molecular formula is C10H9NO3. The molecule has 1 aromatic rings. The number of carbonyl (C=O) groups is 1. The van der Waals surface area contributed by atoms with Gasteiger partial charge in [-0.3, -0.25) is 4.79 Å². The maximum absolute atomic E-state index is 11.4. The average Bonchev–Trinajstić information content (AvgIpc) is 2.16. The molecule has 72 valence electrons. The summed E-state index contributed by atoms with van der Waals surface area (Å²) in [4.78, 5) is 22.0. The van der Waals surface area contributed by atoms with Crippen LogP contribution in [-0.2, 0) is 6.54 Å². The van der Waals surface area contributed by atoms with Gasteiger partial charge in [0.2, 0.25) is 0 Å². The maximum atomic E-state index is 11.4. The lowest BCUT2D eigenvalue weighted by atomic mass is 10.3. The van der Waals surface area contributed by atoms with Crippen LogP contribution in [0, 0.1) is 11.8 Å². The van der Waals surface area contributed by atoms with Crippen LogP contribution in [0.2, 0.25) is 0 Å². The highest BCUT2D eigenvalue weighted by molar-refractivity contribution is 5.86. The van der Waals surface area contributed by atoms with Gasteiger partial charge in [0, 0.05) is 6.20 Å². The fraction of sp³-hybridized carbons (Fsp3) is 0.200. The Kier molecular flexibility index (Phi) is 3.08. The molecule has 1 N–H and O–H groups in total. The van der Waals surface area contributed by atoms with Crippen molar-refractivity contribution in [3.8, 4) is 11.8 Å². The molecule has 0 saturated carbocycles. The molecule has 1 aromatic heterocycles. The van der Waals surface area contributed by atoms with E-state index in [1.165, 1.54) is 22.9 Å². The molecule has 0 aromatic carbocycles. The van der Waals surface area contributed by atoms with Crippen LogP contribution in [0.5, 0.6) is 0 Å². The monoisotopic (exact) mass is 191 g/mol. The van der Waals surface area contributed by atoms with Gasteiger partial charge in [-0.1, -0.05) is 5.92 Å². The Labute approximate surface area is 80.8 Å². The summed E-state index contributed by atoms with van der Waals surface area (Å²) in [6, 6.07) is 2.79. The van der Waals surface area contributed by atoms with E-state index in [9.17, 15) is 9.59 Å². The van der Waals surface area contributed by atoms with Crippen molar-refractivity contribution >= 4 is 5.97 Å². The minimum absolute atomic E-state index is 0.219. The van der Waals surface area contributed by atoms with Crippen molar-refractivity contribution in [3.63, 3.8) is 0 Å². The molecular weight excluding hydrogens is 182 g/mol. The number of nitrogens with zero attached hydrogens (tertiary/aromatic N) is 1. The second-order valence-electron chi connectivity index (χ2n) is 2.59. The zero-order valence-electron chi connectivity index (χ0n) is 7.65. The van der Waals surface area contributed by atoms with E-state index >= 15 is 0 Å². The van der Waals surface area contributed by atoms with Crippen molar-refractivity contribution in [2.24, 2.45) is 0 Å². The van der Waals surface area contributed by atoms with E-state index in [0.717, 1.165) is 0 Å². The topological polar surface area (TPSA) is 59.3 Å². The van der Waals surface area contributed by atoms with E-state index in [2.05, 4.69) is 11.8 Å². The highest BCUT2D eigenvalue weighted by Gasteiger charge is 2.08. The number of carboxylic acids is 1. The predicted molar refractivity (Wildman–Crippen MR) is 51.1 cm³/mol. The third-order valence-electron chi connectivity index (χ3n) is 1.68. The Bertz CT molecular complexity index is 462. The minimum Gasteiger partial charge on any atom is -0.477 e.